The lowest BCUT2D eigenvalue weighted by Crippen LogP contribution is -2.24. The molecule has 1 saturated heterocycles. The van der Waals surface area contributed by atoms with Gasteiger partial charge in [-0.3, -0.25) is 9.88 Å². The lowest BCUT2D eigenvalue weighted by Gasteiger charge is -2.17. The van der Waals surface area contributed by atoms with E-state index in [1.807, 2.05) is 36.5 Å². The van der Waals surface area contributed by atoms with E-state index in [0.717, 1.165) is 48.1 Å². The normalized spacial score (nSPS) is 18.0. The van der Waals surface area contributed by atoms with E-state index >= 15 is 0 Å². The van der Waals surface area contributed by atoms with Crippen LogP contribution in [0.4, 0.5) is 0 Å². The van der Waals surface area contributed by atoms with Crippen molar-refractivity contribution in [2.75, 3.05) is 19.3 Å². The van der Waals surface area contributed by atoms with Crippen LogP contribution in [0.25, 0.3) is 10.8 Å². The summed E-state index contributed by atoms with van der Waals surface area (Å²) < 4.78 is 29.3. The molecule has 0 unspecified atom stereocenters. The van der Waals surface area contributed by atoms with Crippen LogP contribution in [0.1, 0.15) is 12.0 Å². The molecular weight excluding hydrogens is 360 g/mol. The second kappa shape index (κ2) is 7.29. The molecule has 1 aromatic heterocycles. The maximum atomic E-state index is 11.6. The predicted octanol–water partition coefficient (Wildman–Crippen LogP) is 3.29. The van der Waals surface area contributed by atoms with Gasteiger partial charge in [0.05, 0.1) is 4.90 Å². The number of hydrogen-bond acceptors (Lipinski definition) is 5. The first kappa shape index (κ1) is 17.9. The number of hydrogen-bond donors (Lipinski definition) is 0. The molecule has 6 heteroatoms. The van der Waals surface area contributed by atoms with Crippen LogP contribution in [-0.4, -0.2) is 43.8 Å². The van der Waals surface area contributed by atoms with Crippen molar-refractivity contribution in [2.24, 2.45) is 0 Å². The van der Waals surface area contributed by atoms with Crippen molar-refractivity contribution >= 4 is 20.6 Å². The number of nitrogens with zero attached hydrogens (tertiary/aromatic N) is 2. The minimum atomic E-state index is -3.14. The molecule has 0 bridgehead atoms. The van der Waals surface area contributed by atoms with E-state index in [4.69, 9.17) is 4.74 Å². The Balaban J connectivity index is 1.36. The summed E-state index contributed by atoms with van der Waals surface area (Å²) in [5.41, 5.74) is 1.11. The average Bonchev–Trinajstić information content (AvgIpc) is 3.08. The Morgan fingerprint density at radius 2 is 1.93 bits per heavy atom. The van der Waals surface area contributed by atoms with Gasteiger partial charge in [-0.1, -0.05) is 12.1 Å². The zero-order valence-corrected chi connectivity index (χ0v) is 16.0. The van der Waals surface area contributed by atoms with E-state index in [-0.39, 0.29) is 6.10 Å². The minimum absolute atomic E-state index is 0.166. The van der Waals surface area contributed by atoms with Crippen LogP contribution in [0, 0.1) is 0 Å². The van der Waals surface area contributed by atoms with Crippen molar-refractivity contribution in [1.29, 1.82) is 0 Å². The van der Waals surface area contributed by atoms with E-state index in [1.54, 1.807) is 18.3 Å². The molecule has 0 radical (unpaired) electrons. The number of fused-ring (bicyclic) bond motifs is 1. The lowest BCUT2D eigenvalue weighted by molar-refractivity contribution is 0.198. The first-order chi connectivity index (χ1) is 13.0. The van der Waals surface area contributed by atoms with Crippen LogP contribution in [0.5, 0.6) is 5.75 Å². The molecule has 1 aliphatic rings. The molecule has 5 nitrogen and oxygen atoms in total. The highest BCUT2D eigenvalue weighted by molar-refractivity contribution is 7.90. The standard InChI is InChI=1S/C21H22N2O3S/c1-27(24,25)21-6-2-16(3-7-21)14-23-11-9-20(15-23)26-19-5-4-18-13-22-10-8-17(18)12-19/h2-8,10,12-13,20H,9,11,14-15H2,1H3/t20-/m0/s1. The molecule has 0 aliphatic carbocycles. The Morgan fingerprint density at radius 3 is 2.70 bits per heavy atom. The van der Waals surface area contributed by atoms with Crippen molar-refractivity contribution in [1.82, 2.24) is 9.88 Å². The van der Waals surface area contributed by atoms with Crippen molar-refractivity contribution in [3.8, 4) is 5.75 Å². The monoisotopic (exact) mass is 382 g/mol. The molecule has 3 aromatic rings. The number of aromatic nitrogens is 1. The fourth-order valence-corrected chi connectivity index (χ4v) is 4.09. The predicted molar refractivity (Wildman–Crippen MR) is 106 cm³/mol. The second-order valence-electron chi connectivity index (χ2n) is 7.06. The third-order valence-electron chi connectivity index (χ3n) is 4.90. The van der Waals surface area contributed by atoms with E-state index in [2.05, 4.69) is 16.0 Å². The first-order valence-electron chi connectivity index (χ1n) is 8.99. The van der Waals surface area contributed by atoms with Gasteiger partial charge in [0.15, 0.2) is 9.84 Å². The van der Waals surface area contributed by atoms with Crippen molar-refractivity contribution in [2.45, 2.75) is 24.0 Å². The van der Waals surface area contributed by atoms with E-state index < -0.39 is 9.84 Å². The third kappa shape index (κ3) is 4.28. The summed E-state index contributed by atoms with van der Waals surface area (Å²) in [5, 5.41) is 2.23. The molecule has 0 N–H and O–H groups in total. The number of rotatable bonds is 5. The summed E-state index contributed by atoms with van der Waals surface area (Å²) in [5.74, 6) is 0.887. The molecule has 2 aromatic carbocycles. The second-order valence-corrected chi connectivity index (χ2v) is 9.08. The molecule has 27 heavy (non-hydrogen) atoms. The van der Waals surface area contributed by atoms with Gasteiger partial charge in [0, 0.05) is 43.7 Å². The summed E-state index contributed by atoms with van der Waals surface area (Å²) in [6, 6.07) is 15.2. The molecule has 0 saturated carbocycles. The van der Waals surface area contributed by atoms with Gasteiger partial charge in [-0.05, 0) is 53.8 Å². The Labute approximate surface area is 159 Å². The van der Waals surface area contributed by atoms with Crippen molar-refractivity contribution in [3.63, 3.8) is 0 Å². The van der Waals surface area contributed by atoms with Crippen LogP contribution >= 0.6 is 0 Å². The minimum Gasteiger partial charge on any atom is -0.489 e. The summed E-state index contributed by atoms with van der Waals surface area (Å²) in [4.78, 5) is 6.83. The van der Waals surface area contributed by atoms with E-state index in [9.17, 15) is 8.42 Å². The molecule has 140 valence electrons. The Morgan fingerprint density at radius 1 is 1.11 bits per heavy atom. The quantitative estimate of drug-likeness (QED) is 0.678. The van der Waals surface area contributed by atoms with Crippen LogP contribution < -0.4 is 4.74 Å². The highest BCUT2D eigenvalue weighted by Crippen LogP contribution is 2.24. The fourth-order valence-electron chi connectivity index (χ4n) is 3.46. The van der Waals surface area contributed by atoms with Gasteiger partial charge in [0.2, 0.25) is 0 Å². The zero-order chi connectivity index (χ0) is 18.9. The molecule has 1 fully saturated rings. The number of ether oxygens (including phenoxy) is 1. The van der Waals surface area contributed by atoms with Crippen LogP contribution in [-0.2, 0) is 16.4 Å². The zero-order valence-electron chi connectivity index (χ0n) is 15.2. The Hall–Kier alpha value is -2.44. The van der Waals surface area contributed by atoms with Gasteiger partial charge in [-0.25, -0.2) is 8.42 Å². The third-order valence-corrected chi connectivity index (χ3v) is 6.03. The number of sulfone groups is 1. The fraction of sp³-hybridized carbons (Fsp3) is 0.286. The summed E-state index contributed by atoms with van der Waals surface area (Å²) >= 11 is 0. The molecule has 0 amide bonds. The average molecular weight is 382 g/mol. The number of likely N-dealkylation sites (tertiary alicyclic amines) is 1. The van der Waals surface area contributed by atoms with E-state index in [0.29, 0.717) is 4.90 Å². The summed E-state index contributed by atoms with van der Waals surface area (Å²) in [6.07, 6.45) is 6.02. The smallest absolute Gasteiger partial charge is 0.175 e. The Bertz CT molecular complexity index is 1050. The molecule has 2 heterocycles. The topological polar surface area (TPSA) is 59.5 Å². The van der Waals surface area contributed by atoms with Gasteiger partial charge in [0.25, 0.3) is 0 Å². The van der Waals surface area contributed by atoms with Crippen LogP contribution in [0.3, 0.4) is 0 Å². The maximum absolute atomic E-state index is 11.6. The maximum Gasteiger partial charge on any atom is 0.175 e. The number of pyridine rings is 1. The van der Waals surface area contributed by atoms with Gasteiger partial charge < -0.3 is 4.74 Å². The van der Waals surface area contributed by atoms with E-state index in [1.165, 1.54) is 6.26 Å². The van der Waals surface area contributed by atoms with Gasteiger partial charge >= 0.3 is 0 Å². The van der Waals surface area contributed by atoms with Crippen LogP contribution in [0.15, 0.2) is 65.8 Å². The highest BCUT2D eigenvalue weighted by atomic mass is 32.2. The highest BCUT2D eigenvalue weighted by Gasteiger charge is 2.24. The SMILES string of the molecule is CS(=O)(=O)c1ccc(CN2CC[C@H](Oc3ccc4cnccc4c3)C2)cc1. The number of benzene rings is 2. The van der Waals surface area contributed by atoms with Gasteiger partial charge in [-0.15, -0.1) is 0 Å². The van der Waals surface area contributed by atoms with Crippen LogP contribution in [0.2, 0.25) is 0 Å². The summed E-state index contributed by atoms with van der Waals surface area (Å²) in [6.45, 7) is 2.63. The van der Waals surface area contributed by atoms with Crippen molar-refractivity contribution < 1.29 is 13.2 Å². The molecular formula is C21H22N2O3S. The largest absolute Gasteiger partial charge is 0.489 e. The first-order valence-corrected chi connectivity index (χ1v) is 10.9. The van der Waals surface area contributed by atoms with Gasteiger partial charge in [-0.2, -0.15) is 0 Å². The summed E-state index contributed by atoms with van der Waals surface area (Å²) in [7, 11) is -3.14. The van der Waals surface area contributed by atoms with Crippen molar-refractivity contribution in [3.05, 3.63) is 66.5 Å². The molecule has 0 spiro atoms. The molecule has 4 rings (SSSR count). The lowest BCUT2D eigenvalue weighted by atomic mass is 10.2. The molecule has 1 aliphatic heterocycles. The Kier molecular flexibility index (Phi) is 4.85. The van der Waals surface area contributed by atoms with Gasteiger partial charge in [0.1, 0.15) is 11.9 Å². The molecule has 1 atom stereocenters.